The molecule has 38 heavy (non-hydrogen) atoms. The summed E-state index contributed by atoms with van der Waals surface area (Å²) in [6, 6.07) is 18.6. The molecular formula is C28H20F3N5O2. The van der Waals surface area contributed by atoms with Crippen LogP contribution in [0.3, 0.4) is 0 Å². The van der Waals surface area contributed by atoms with Crippen molar-refractivity contribution in [3.63, 3.8) is 0 Å². The number of amides is 2. The maximum absolute atomic E-state index is 13.0. The van der Waals surface area contributed by atoms with Gasteiger partial charge in [0.2, 0.25) is 5.91 Å². The minimum absolute atomic E-state index is 0.126. The molecule has 0 saturated heterocycles. The van der Waals surface area contributed by atoms with Crippen molar-refractivity contribution >= 4 is 23.3 Å². The molecule has 0 atom stereocenters. The highest BCUT2D eigenvalue weighted by Crippen LogP contribution is 2.31. The number of nitrogens with zero attached hydrogens (tertiary/aromatic N) is 3. The van der Waals surface area contributed by atoms with Gasteiger partial charge in [0.25, 0.3) is 5.91 Å². The number of carbonyl (C=O) groups is 2. The normalized spacial score (nSPS) is 10.9. The predicted octanol–water partition coefficient (Wildman–Crippen LogP) is 6.24. The lowest BCUT2D eigenvalue weighted by atomic mass is 9.98. The van der Waals surface area contributed by atoms with Crippen LogP contribution in [0.2, 0.25) is 0 Å². The first kappa shape index (κ1) is 26.0. The van der Waals surface area contributed by atoms with Gasteiger partial charge in [-0.15, -0.1) is 0 Å². The van der Waals surface area contributed by atoms with Gasteiger partial charge in [0.15, 0.2) is 0 Å². The molecule has 0 aliphatic rings. The molecule has 0 unspecified atom stereocenters. The van der Waals surface area contributed by atoms with E-state index in [0.29, 0.717) is 22.8 Å². The van der Waals surface area contributed by atoms with Crippen LogP contribution in [0.4, 0.5) is 24.7 Å². The Bertz CT molecular complexity index is 1560. The SMILES string of the molecule is Cc1ncc(NC(=O)c2cccc(C(F)(F)F)c2)cc1-c1cccc(-c2ccnc(NC(=O)CC#N)c2)c1. The number of pyridine rings is 2. The lowest BCUT2D eigenvalue weighted by molar-refractivity contribution is -0.137. The van der Waals surface area contributed by atoms with Gasteiger partial charge in [-0.3, -0.25) is 14.6 Å². The van der Waals surface area contributed by atoms with E-state index >= 15 is 0 Å². The van der Waals surface area contributed by atoms with Crippen molar-refractivity contribution in [1.29, 1.82) is 5.26 Å². The molecule has 2 heterocycles. The van der Waals surface area contributed by atoms with Crippen LogP contribution in [0.1, 0.15) is 28.0 Å². The first-order chi connectivity index (χ1) is 18.1. The van der Waals surface area contributed by atoms with E-state index in [9.17, 15) is 22.8 Å². The molecule has 0 bridgehead atoms. The standard InChI is InChI=1S/C28H20F3N5O2/c1-17-24(15-23(16-34-17)35-27(38)21-6-3-7-22(13-21)28(29,30)31)20-5-2-4-18(12-20)19-9-11-33-25(14-19)36-26(37)8-10-32/h2-7,9,11-16H,8H2,1H3,(H,35,38)(H,33,36,37). The third-order valence-electron chi connectivity index (χ3n) is 5.57. The number of hydrogen-bond donors (Lipinski definition) is 2. The largest absolute Gasteiger partial charge is 0.416 e. The molecule has 4 rings (SSSR count). The molecule has 2 aromatic heterocycles. The van der Waals surface area contributed by atoms with Crippen LogP contribution in [-0.2, 0) is 11.0 Å². The molecule has 2 N–H and O–H groups in total. The van der Waals surface area contributed by atoms with Gasteiger partial charge >= 0.3 is 6.18 Å². The maximum Gasteiger partial charge on any atom is 0.416 e. The van der Waals surface area contributed by atoms with Gasteiger partial charge in [0.05, 0.1) is 23.5 Å². The number of benzene rings is 2. The van der Waals surface area contributed by atoms with Crippen LogP contribution in [-0.4, -0.2) is 21.8 Å². The van der Waals surface area contributed by atoms with Crippen molar-refractivity contribution < 1.29 is 22.8 Å². The number of halogens is 3. The molecular weight excluding hydrogens is 495 g/mol. The lowest BCUT2D eigenvalue weighted by Gasteiger charge is -2.12. The van der Waals surface area contributed by atoms with E-state index in [0.717, 1.165) is 28.8 Å². The van der Waals surface area contributed by atoms with Gasteiger partial charge in [-0.25, -0.2) is 4.98 Å². The van der Waals surface area contributed by atoms with Gasteiger partial charge < -0.3 is 10.6 Å². The van der Waals surface area contributed by atoms with Crippen molar-refractivity contribution in [1.82, 2.24) is 9.97 Å². The number of rotatable bonds is 6. The Labute approximate surface area is 216 Å². The number of alkyl halides is 3. The smallest absolute Gasteiger partial charge is 0.321 e. The average molecular weight is 515 g/mol. The van der Waals surface area contributed by atoms with E-state index in [2.05, 4.69) is 20.6 Å². The number of anilines is 2. The van der Waals surface area contributed by atoms with Gasteiger partial charge in [-0.1, -0.05) is 24.3 Å². The van der Waals surface area contributed by atoms with Crippen molar-refractivity contribution in [3.05, 3.63) is 95.9 Å². The summed E-state index contributed by atoms with van der Waals surface area (Å²) in [4.78, 5) is 32.8. The Morgan fingerprint density at radius 1 is 0.921 bits per heavy atom. The molecule has 0 saturated carbocycles. The second-order valence-electron chi connectivity index (χ2n) is 8.28. The Balaban J connectivity index is 1.59. The molecule has 0 fully saturated rings. The summed E-state index contributed by atoms with van der Waals surface area (Å²) in [6.07, 6.45) is -1.86. The van der Waals surface area contributed by atoms with Gasteiger partial charge in [0.1, 0.15) is 12.2 Å². The van der Waals surface area contributed by atoms with Crippen LogP contribution in [0, 0.1) is 18.3 Å². The van der Waals surface area contributed by atoms with Crippen molar-refractivity contribution in [2.24, 2.45) is 0 Å². The number of nitriles is 1. The molecule has 10 heteroatoms. The molecule has 0 radical (unpaired) electrons. The van der Waals surface area contributed by atoms with E-state index in [1.807, 2.05) is 24.3 Å². The van der Waals surface area contributed by atoms with Crippen LogP contribution in [0.25, 0.3) is 22.3 Å². The molecule has 0 spiro atoms. The van der Waals surface area contributed by atoms with E-state index < -0.39 is 23.6 Å². The first-order valence-electron chi connectivity index (χ1n) is 11.3. The molecule has 190 valence electrons. The zero-order chi connectivity index (χ0) is 27.3. The number of aromatic nitrogens is 2. The van der Waals surface area contributed by atoms with E-state index in [-0.39, 0.29) is 12.0 Å². The fourth-order valence-corrected chi connectivity index (χ4v) is 3.74. The van der Waals surface area contributed by atoms with Crippen LogP contribution < -0.4 is 10.6 Å². The summed E-state index contributed by atoms with van der Waals surface area (Å²) in [5, 5.41) is 13.9. The lowest BCUT2D eigenvalue weighted by Crippen LogP contribution is -2.14. The number of carbonyl (C=O) groups excluding carboxylic acids is 2. The van der Waals surface area contributed by atoms with Gasteiger partial charge in [-0.2, -0.15) is 18.4 Å². The minimum Gasteiger partial charge on any atom is -0.321 e. The fourth-order valence-electron chi connectivity index (χ4n) is 3.74. The Morgan fingerprint density at radius 2 is 1.66 bits per heavy atom. The third kappa shape index (κ3) is 6.20. The average Bonchev–Trinajstić information content (AvgIpc) is 2.89. The summed E-state index contributed by atoms with van der Waals surface area (Å²) in [5.41, 5.74) is 3.06. The molecule has 4 aromatic rings. The van der Waals surface area contributed by atoms with Crippen LogP contribution in [0.5, 0.6) is 0 Å². The number of aryl methyl sites for hydroxylation is 1. The summed E-state index contributed by atoms with van der Waals surface area (Å²) in [5.74, 6) is -0.842. The summed E-state index contributed by atoms with van der Waals surface area (Å²) >= 11 is 0. The van der Waals surface area contributed by atoms with Crippen molar-refractivity contribution in [3.8, 4) is 28.3 Å². The molecule has 7 nitrogen and oxygen atoms in total. The quantitative estimate of drug-likeness (QED) is 0.316. The summed E-state index contributed by atoms with van der Waals surface area (Å²) in [6.45, 7) is 1.80. The zero-order valence-electron chi connectivity index (χ0n) is 20.0. The van der Waals surface area contributed by atoms with E-state index in [4.69, 9.17) is 5.26 Å². The molecule has 0 aliphatic carbocycles. The zero-order valence-corrected chi connectivity index (χ0v) is 20.0. The number of nitrogens with one attached hydrogen (secondary N) is 2. The molecule has 2 aromatic carbocycles. The van der Waals surface area contributed by atoms with Crippen LogP contribution >= 0.6 is 0 Å². The first-order valence-corrected chi connectivity index (χ1v) is 11.3. The highest BCUT2D eigenvalue weighted by Gasteiger charge is 2.30. The highest BCUT2D eigenvalue weighted by atomic mass is 19.4. The topological polar surface area (TPSA) is 108 Å². The Morgan fingerprint density at radius 3 is 2.42 bits per heavy atom. The summed E-state index contributed by atoms with van der Waals surface area (Å²) in [7, 11) is 0. The van der Waals surface area contributed by atoms with Gasteiger partial charge in [0, 0.05) is 23.0 Å². The second kappa shape index (κ2) is 10.9. The maximum atomic E-state index is 13.0. The number of hydrogen-bond acceptors (Lipinski definition) is 5. The molecule has 0 aliphatic heterocycles. The Hall–Kier alpha value is -5.04. The van der Waals surface area contributed by atoms with Crippen molar-refractivity contribution in [2.75, 3.05) is 10.6 Å². The predicted molar refractivity (Wildman–Crippen MR) is 136 cm³/mol. The van der Waals surface area contributed by atoms with E-state index in [1.165, 1.54) is 18.3 Å². The highest BCUT2D eigenvalue weighted by molar-refractivity contribution is 6.04. The second-order valence-corrected chi connectivity index (χ2v) is 8.28. The van der Waals surface area contributed by atoms with Crippen molar-refractivity contribution in [2.45, 2.75) is 19.5 Å². The van der Waals surface area contributed by atoms with E-state index in [1.54, 1.807) is 37.4 Å². The Kier molecular flexibility index (Phi) is 7.48. The summed E-state index contributed by atoms with van der Waals surface area (Å²) < 4.78 is 39.1. The fraction of sp³-hybridized carbons (Fsp3) is 0.107. The minimum atomic E-state index is -4.56. The third-order valence-corrected chi connectivity index (χ3v) is 5.57. The monoisotopic (exact) mass is 515 g/mol. The van der Waals surface area contributed by atoms with Crippen LogP contribution in [0.15, 0.2) is 79.1 Å². The molecule has 2 amide bonds. The van der Waals surface area contributed by atoms with Gasteiger partial charge in [-0.05, 0) is 66.1 Å².